The number of hydrogen-bond donors (Lipinski definition) is 3. The first kappa shape index (κ1) is 12.2. The molecule has 7 nitrogen and oxygen atoms in total. The topological polar surface area (TPSA) is 118 Å². The normalized spacial score (nSPS) is 12.1. The SMILES string of the molecule is Cc1cc(CNC(=O)C(N)CC(=O)O)on1. The van der Waals surface area contributed by atoms with E-state index in [1.165, 1.54) is 0 Å². The number of nitrogens with two attached hydrogens (primary N) is 1. The van der Waals surface area contributed by atoms with E-state index in [-0.39, 0.29) is 6.54 Å². The molecule has 0 aliphatic rings. The fourth-order valence-electron chi connectivity index (χ4n) is 1.09. The van der Waals surface area contributed by atoms with E-state index >= 15 is 0 Å². The molecular formula is C9H13N3O4. The molecule has 1 aromatic rings. The lowest BCUT2D eigenvalue weighted by Crippen LogP contribution is -2.41. The van der Waals surface area contributed by atoms with E-state index in [1.807, 2.05) is 0 Å². The number of amides is 1. The van der Waals surface area contributed by atoms with Crippen molar-refractivity contribution in [2.75, 3.05) is 0 Å². The molecule has 0 saturated carbocycles. The number of carboxylic acids is 1. The van der Waals surface area contributed by atoms with Gasteiger partial charge in [0.25, 0.3) is 0 Å². The molecule has 0 aromatic carbocycles. The Kier molecular flexibility index (Phi) is 4.01. The third-order valence-electron chi connectivity index (χ3n) is 1.84. The quantitative estimate of drug-likeness (QED) is 0.618. The smallest absolute Gasteiger partial charge is 0.305 e. The Labute approximate surface area is 91.6 Å². The Morgan fingerprint density at radius 1 is 1.69 bits per heavy atom. The molecule has 1 rings (SSSR count). The predicted molar refractivity (Wildman–Crippen MR) is 53.3 cm³/mol. The minimum absolute atomic E-state index is 0.146. The van der Waals surface area contributed by atoms with E-state index in [0.717, 1.165) is 0 Å². The standard InChI is InChI=1S/C9H13N3O4/c1-5-2-6(16-12-5)4-11-9(15)7(10)3-8(13)14/h2,7H,3-4,10H2,1H3,(H,11,15)(H,13,14). The van der Waals surface area contributed by atoms with Gasteiger partial charge in [0, 0.05) is 6.07 Å². The van der Waals surface area contributed by atoms with Gasteiger partial charge < -0.3 is 20.7 Å². The molecule has 1 atom stereocenters. The van der Waals surface area contributed by atoms with Crippen LogP contribution in [-0.2, 0) is 16.1 Å². The van der Waals surface area contributed by atoms with Crippen LogP contribution in [0.1, 0.15) is 17.9 Å². The molecule has 0 saturated heterocycles. The van der Waals surface area contributed by atoms with Crippen molar-refractivity contribution in [2.24, 2.45) is 5.73 Å². The molecule has 1 aromatic heterocycles. The van der Waals surface area contributed by atoms with Crippen LogP contribution in [0, 0.1) is 6.92 Å². The second-order valence-corrected chi connectivity index (χ2v) is 3.36. The van der Waals surface area contributed by atoms with E-state index in [2.05, 4.69) is 10.5 Å². The summed E-state index contributed by atoms with van der Waals surface area (Å²) in [7, 11) is 0. The van der Waals surface area contributed by atoms with Gasteiger partial charge in [-0.3, -0.25) is 9.59 Å². The van der Waals surface area contributed by atoms with Crippen molar-refractivity contribution in [1.82, 2.24) is 10.5 Å². The van der Waals surface area contributed by atoms with Gasteiger partial charge in [0.15, 0.2) is 5.76 Å². The third-order valence-corrected chi connectivity index (χ3v) is 1.84. The van der Waals surface area contributed by atoms with Crippen LogP contribution in [0.15, 0.2) is 10.6 Å². The summed E-state index contributed by atoms with van der Waals surface area (Å²) in [5.74, 6) is -1.15. The number of hydrogen-bond acceptors (Lipinski definition) is 5. The van der Waals surface area contributed by atoms with Crippen molar-refractivity contribution < 1.29 is 19.2 Å². The van der Waals surface area contributed by atoms with Crippen molar-refractivity contribution in [1.29, 1.82) is 0 Å². The number of nitrogens with one attached hydrogen (secondary N) is 1. The molecule has 1 amide bonds. The highest BCUT2D eigenvalue weighted by molar-refractivity contribution is 5.85. The average molecular weight is 227 g/mol. The molecule has 88 valence electrons. The van der Waals surface area contributed by atoms with Gasteiger partial charge in [-0.2, -0.15) is 0 Å². The second kappa shape index (κ2) is 5.26. The maximum Gasteiger partial charge on any atom is 0.305 e. The van der Waals surface area contributed by atoms with E-state index in [9.17, 15) is 9.59 Å². The van der Waals surface area contributed by atoms with Crippen LogP contribution in [0.4, 0.5) is 0 Å². The van der Waals surface area contributed by atoms with Crippen LogP contribution in [0.5, 0.6) is 0 Å². The van der Waals surface area contributed by atoms with Gasteiger partial charge in [0.1, 0.15) is 0 Å². The number of aryl methyl sites for hydroxylation is 1. The van der Waals surface area contributed by atoms with Crippen LogP contribution in [0.3, 0.4) is 0 Å². The first-order valence-electron chi connectivity index (χ1n) is 4.66. The van der Waals surface area contributed by atoms with Crippen molar-refractivity contribution in [3.8, 4) is 0 Å². The zero-order valence-corrected chi connectivity index (χ0v) is 8.77. The monoisotopic (exact) mass is 227 g/mol. The summed E-state index contributed by atoms with van der Waals surface area (Å²) in [6, 6.07) is 0.615. The second-order valence-electron chi connectivity index (χ2n) is 3.36. The highest BCUT2D eigenvalue weighted by Gasteiger charge is 2.16. The number of carboxylic acid groups (broad SMARTS) is 1. The molecule has 1 heterocycles. The van der Waals surface area contributed by atoms with Crippen molar-refractivity contribution >= 4 is 11.9 Å². The zero-order valence-electron chi connectivity index (χ0n) is 8.77. The summed E-state index contributed by atoms with van der Waals surface area (Å²) in [6.07, 6.45) is -0.402. The number of aliphatic carboxylic acids is 1. The summed E-state index contributed by atoms with van der Waals surface area (Å²) in [4.78, 5) is 21.6. The summed E-state index contributed by atoms with van der Waals surface area (Å²) in [5.41, 5.74) is 6.06. The molecule has 1 unspecified atom stereocenters. The fourth-order valence-corrected chi connectivity index (χ4v) is 1.09. The molecule has 0 aliphatic heterocycles. The Morgan fingerprint density at radius 2 is 2.38 bits per heavy atom. The first-order chi connectivity index (χ1) is 7.49. The molecule has 4 N–H and O–H groups in total. The van der Waals surface area contributed by atoms with Crippen LogP contribution in [0.25, 0.3) is 0 Å². The highest BCUT2D eigenvalue weighted by atomic mass is 16.5. The van der Waals surface area contributed by atoms with Crippen LogP contribution in [0.2, 0.25) is 0 Å². The average Bonchev–Trinajstić information content (AvgIpc) is 2.59. The summed E-state index contributed by atoms with van der Waals surface area (Å²) >= 11 is 0. The minimum Gasteiger partial charge on any atom is -0.481 e. The number of nitrogens with zero attached hydrogens (tertiary/aromatic N) is 1. The maximum atomic E-state index is 11.3. The van der Waals surface area contributed by atoms with Gasteiger partial charge in [0.2, 0.25) is 5.91 Å². The lowest BCUT2D eigenvalue weighted by Gasteiger charge is -2.08. The lowest BCUT2D eigenvalue weighted by atomic mass is 10.2. The number of carbonyl (C=O) groups excluding carboxylic acids is 1. The van der Waals surface area contributed by atoms with Gasteiger partial charge in [-0.1, -0.05) is 5.16 Å². The minimum atomic E-state index is -1.11. The first-order valence-corrected chi connectivity index (χ1v) is 4.66. The van der Waals surface area contributed by atoms with Gasteiger partial charge in [-0.25, -0.2) is 0 Å². The summed E-state index contributed by atoms with van der Waals surface area (Å²) in [5, 5.41) is 14.5. The van der Waals surface area contributed by atoms with Crippen LogP contribution in [-0.4, -0.2) is 28.2 Å². The van der Waals surface area contributed by atoms with Gasteiger partial charge in [-0.15, -0.1) is 0 Å². The zero-order chi connectivity index (χ0) is 12.1. The van der Waals surface area contributed by atoms with Crippen molar-refractivity contribution in [2.45, 2.75) is 25.9 Å². The Balaban J connectivity index is 2.37. The molecule has 0 spiro atoms. The lowest BCUT2D eigenvalue weighted by molar-refractivity contribution is -0.139. The Hall–Kier alpha value is -1.89. The molecule has 0 aliphatic carbocycles. The molecule has 0 fully saturated rings. The summed E-state index contributed by atoms with van der Waals surface area (Å²) < 4.78 is 4.85. The predicted octanol–water partition coefficient (Wildman–Crippen LogP) is -0.599. The number of carbonyl (C=O) groups is 2. The highest BCUT2D eigenvalue weighted by Crippen LogP contribution is 2.01. The molecule has 0 bridgehead atoms. The van der Waals surface area contributed by atoms with Gasteiger partial charge in [0.05, 0.1) is 24.7 Å². The fraction of sp³-hybridized carbons (Fsp3) is 0.444. The van der Waals surface area contributed by atoms with Crippen molar-refractivity contribution in [3.05, 3.63) is 17.5 Å². The largest absolute Gasteiger partial charge is 0.481 e. The number of aromatic nitrogens is 1. The Morgan fingerprint density at radius 3 is 2.88 bits per heavy atom. The third kappa shape index (κ3) is 3.70. The molecule has 7 heteroatoms. The van der Waals surface area contributed by atoms with Gasteiger partial charge >= 0.3 is 5.97 Å². The van der Waals surface area contributed by atoms with E-state index in [4.69, 9.17) is 15.4 Å². The maximum absolute atomic E-state index is 11.3. The van der Waals surface area contributed by atoms with E-state index in [1.54, 1.807) is 13.0 Å². The van der Waals surface area contributed by atoms with E-state index in [0.29, 0.717) is 11.5 Å². The van der Waals surface area contributed by atoms with Crippen LogP contribution < -0.4 is 11.1 Å². The molecule has 0 radical (unpaired) electrons. The Bertz CT molecular complexity index is 388. The summed E-state index contributed by atoms with van der Waals surface area (Å²) in [6.45, 7) is 1.90. The number of rotatable bonds is 5. The van der Waals surface area contributed by atoms with E-state index < -0.39 is 24.3 Å². The van der Waals surface area contributed by atoms with Gasteiger partial charge in [-0.05, 0) is 6.92 Å². The molecule has 16 heavy (non-hydrogen) atoms. The molecular weight excluding hydrogens is 214 g/mol. The van der Waals surface area contributed by atoms with Crippen molar-refractivity contribution in [3.63, 3.8) is 0 Å². The van der Waals surface area contributed by atoms with Crippen LogP contribution >= 0.6 is 0 Å².